The van der Waals surface area contributed by atoms with Gasteiger partial charge in [-0.1, -0.05) is 0 Å². The van der Waals surface area contributed by atoms with E-state index in [2.05, 4.69) is 15.5 Å². The van der Waals surface area contributed by atoms with Crippen LogP contribution in [0.2, 0.25) is 0 Å². The first kappa shape index (κ1) is 6.46. The molecule has 0 aliphatic rings. The topological polar surface area (TPSA) is 96.7 Å². The number of nitrogens with one attached hydrogen (secondary N) is 1. The molecule has 0 aromatic carbocycles. The lowest BCUT2D eigenvalue weighted by Crippen LogP contribution is -2.41. The molecule has 0 aliphatic carbocycles. The van der Waals surface area contributed by atoms with Gasteiger partial charge in [-0.25, -0.2) is 5.01 Å². The molecule has 54 valence electrons. The van der Waals surface area contributed by atoms with Crippen LogP contribution in [0.1, 0.15) is 0 Å². The molecule has 10 heavy (non-hydrogen) atoms. The van der Waals surface area contributed by atoms with Crippen molar-refractivity contribution in [1.82, 2.24) is 20.3 Å². The van der Waals surface area contributed by atoms with E-state index in [4.69, 9.17) is 11.1 Å². The fourth-order valence-electron chi connectivity index (χ4n) is 0.404. The SMILES string of the molecule is CN(C(=N)N)n1cnnn1. The third-order valence-corrected chi connectivity index (χ3v) is 0.994. The fraction of sp³-hybridized carbons (Fsp3) is 0.333. The van der Waals surface area contributed by atoms with Crippen LogP contribution in [0.3, 0.4) is 0 Å². The van der Waals surface area contributed by atoms with Crippen LogP contribution in [0.5, 0.6) is 0 Å². The molecule has 0 saturated heterocycles. The normalized spacial score (nSPS) is 9.30. The van der Waals surface area contributed by atoms with Crippen LogP contribution in [-0.2, 0) is 0 Å². The van der Waals surface area contributed by atoms with Gasteiger partial charge in [0.2, 0.25) is 5.96 Å². The van der Waals surface area contributed by atoms with E-state index in [-0.39, 0.29) is 5.96 Å². The minimum absolute atomic E-state index is 0.118. The molecule has 0 radical (unpaired) electrons. The second-order valence-electron chi connectivity index (χ2n) is 1.64. The van der Waals surface area contributed by atoms with Gasteiger partial charge in [-0.2, -0.15) is 0 Å². The van der Waals surface area contributed by atoms with Crippen LogP contribution in [0.15, 0.2) is 6.33 Å². The second-order valence-corrected chi connectivity index (χ2v) is 1.64. The van der Waals surface area contributed by atoms with Crippen LogP contribution in [0.25, 0.3) is 0 Å². The highest BCUT2D eigenvalue weighted by Crippen LogP contribution is 1.76. The molecule has 0 amide bonds. The van der Waals surface area contributed by atoms with Gasteiger partial charge in [-0.3, -0.25) is 5.41 Å². The monoisotopic (exact) mass is 141 g/mol. The van der Waals surface area contributed by atoms with Crippen molar-refractivity contribution in [3.8, 4) is 0 Å². The summed E-state index contributed by atoms with van der Waals surface area (Å²) in [5.41, 5.74) is 5.12. The molecule has 1 rings (SSSR count). The molecule has 7 heteroatoms. The molecule has 1 heterocycles. The maximum Gasteiger partial charge on any atom is 0.209 e. The lowest BCUT2D eigenvalue weighted by Gasteiger charge is -2.13. The number of rotatable bonds is 1. The molecule has 3 N–H and O–H groups in total. The summed E-state index contributed by atoms with van der Waals surface area (Å²) >= 11 is 0. The highest BCUT2D eigenvalue weighted by molar-refractivity contribution is 5.83. The summed E-state index contributed by atoms with van der Waals surface area (Å²) in [4.78, 5) is 1.25. The second kappa shape index (κ2) is 2.29. The molecule has 0 saturated carbocycles. The Labute approximate surface area is 56.9 Å². The number of guanidine groups is 1. The van der Waals surface area contributed by atoms with E-state index in [0.717, 1.165) is 0 Å². The highest BCUT2D eigenvalue weighted by Gasteiger charge is 2.00. The number of aromatic nitrogens is 4. The van der Waals surface area contributed by atoms with E-state index < -0.39 is 0 Å². The predicted octanol–water partition coefficient (Wildman–Crippen LogP) is -1.87. The lowest BCUT2D eigenvalue weighted by molar-refractivity contribution is 0.645. The summed E-state index contributed by atoms with van der Waals surface area (Å²) in [5, 5.41) is 18.5. The quantitative estimate of drug-likeness (QED) is 0.353. The number of nitrogens with two attached hydrogens (primary N) is 1. The molecule has 0 fully saturated rings. The maximum atomic E-state index is 6.96. The third-order valence-electron chi connectivity index (χ3n) is 0.994. The zero-order valence-electron chi connectivity index (χ0n) is 5.39. The highest BCUT2D eigenvalue weighted by atomic mass is 15.7. The van der Waals surface area contributed by atoms with Crippen molar-refractivity contribution >= 4 is 5.96 Å². The molecular formula is C3H7N7. The minimum Gasteiger partial charge on any atom is -0.369 e. The van der Waals surface area contributed by atoms with Gasteiger partial charge < -0.3 is 5.73 Å². The number of nitrogens with zero attached hydrogens (tertiary/aromatic N) is 5. The summed E-state index contributed by atoms with van der Waals surface area (Å²) in [6, 6.07) is 0. The fourth-order valence-corrected chi connectivity index (χ4v) is 0.404. The van der Waals surface area contributed by atoms with Gasteiger partial charge in [0.25, 0.3) is 0 Å². The van der Waals surface area contributed by atoms with Crippen LogP contribution >= 0.6 is 0 Å². The van der Waals surface area contributed by atoms with E-state index >= 15 is 0 Å². The van der Waals surface area contributed by atoms with Gasteiger partial charge in [0.05, 0.1) is 0 Å². The first-order chi connectivity index (χ1) is 4.72. The average molecular weight is 141 g/mol. The first-order valence-electron chi connectivity index (χ1n) is 2.53. The first-order valence-corrected chi connectivity index (χ1v) is 2.53. The Morgan fingerprint density at radius 2 is 2.50 bits per heavy atom. The van der Waals surface area contributed by atoms with E-state index in [1.54, 1.807) is 7.05 Å². The number of tetrazole rings is 1. The van der Waals surface area contributed by atoms with Crippen LogP contribution in [0.4, 0.5) is 0 Å². The molecule has 0 atom stereocenters. The molecule has 0 unspecified atom stereocenters. The van der Waals surface area contributed by atoms with E-state index in [1.165, 1.54) is 16.1 Å². The van der Waals surface area contributed by atoms with Gasteiger partial charge in [0.1, 0.15) is 0 Å². The molecule has 0 aliphatic heterocycles. The summed E-state index contributed by atoms with van der Waals surface area (Å²) in [5.74, 6) is -0.118. The standard InChI is InChI=1S/C3H7N7/c1-9(3(4)5)10-2-6-7-8-10/h2H,1H3,(H3,4,5). The van der Waals surface area contributed by atoms with E-state index in [9.17, 15) is 0 Å². The smallest absolute Gasteiger partial charge is 0.209 e. The lowest BCUT2D eigenvalue weighted by atomic mass is 10.9. The maximum absolute atomic E-state index is 6.96. The van der Waals surface area contributed by atoms with Crippen molar-refractivity contribution < 1.29 is 0 Å². The summed E-state index contributed by atoms with van der Waals surface area (Å²) in [6.07, 6.45) is 1.35. The Morgan fingerprint density at radius 1 is 1.80 bits per heavy atom. The van der Waals surface area contributed by atoms with Crippen molar-refractivity contribution in [1.29, 1.82) is 5.41 Å². The summed E-state index contributed by atoms with van der Waals surface area (Å²) in [7, 11) is 1.58. The van der Waals surface area contributed by atoms with Crippen molar-refractivity contribution in [2.75, 3.05) is 12.1 Å². The Balaban J connectivity index is 2.77. The zero-order chi connectivity index (χ0) is 7.56. The number of hydrogen-bond acceptors (Lipinski definition) is 4. The van der Waals surface area contributed by atoms with Crippen molar-refractivity contribution in [2.24, 2.45) is 5.73 Å². The Morgan fingerprint density at radius 3 is 2.90 bits per heavy atom. The largest absolute Gasteiger partial charge is 0.369 e. The van der Waals surface area contributed by atoms with Crippen molar-refractivity contribution in [2.45, 2.75) is 0 Å². The van der Waals surface area contributed by atoms with Crippen molar-refractivity contribution in [3.63, 3.8) is 0 Å². The zero-order valence-corrected chi connectivity index (χ0v) is 5.39. The summed E-state index contributed by atoms with van der Waals surface area (Å²) < 4.78 is 0. The third kappa shape index (κ3) is 1.02. The Hall–Kier alpha value is -1.66. The van der Waals surface area contributed by atoms with Crippen molar-refractivity contribution in [3.05, 3.63) is 6.33 Å². The van der Waals surface area contributed by atoms with Gasteiger partial charge in [0, 0.05) is 7.05 Å². The summed E-state index contributed by atoms with van der Waals surface area (Å²) in [6.45, 7) is 0. The van der Waals surface area contributed by atoms with Gasteiger partial charge in [0.15, 0.2) is 6.33 Å². The van der Waals surface area contributed by atoms with Gasteiger partial charge >= 0.3 is 0 Å². The van der Waals surface area contributed by atoms with E-state index in [0.29, 0.717) is 0 Å². The molecular weight excluding hydrogens is 134 g/mol. The van der Waals surface area contributed by atoms with Gasteiger partial charge in [-0.15, -0.1) is 9.89 Å². The molecule has 7 nitrogen and oxygen atoms in total. The van der Waals surface area contributed by atoms with Crippen LogP contribution in [-0.4, -0.2) is 33.3 Å². The Bertz CT molecular complexity index is 213. The van der Waals surface area contributed by atoms with E-state index in [1.807, 2.05) is 0 Å². The van der Waals surface area contributed by atoms with Crippen LogP contribution in [0, 0.1) is 5.41 Å². The van der Waals surface area contributed by atoms with Gasteiger partial charge in [-0.05, 0) is 10.4 Å². The predicted molar refractivity (Wildman–Crippen MR) is 33.9 cm³/mol. The number of hydrogen-bond donors (Lipinski definition) is 2. The van der Waals surface area contributed by atoms with Crippen LogP contribution < -0.4 is 10.7 Å². The average Bonchev–Trinajstić information content (AvgIpc) is 2.36. The molecule has 0 spiro atoms. The molecule has 0 bridgehead atoms. The molecule has 1 aromatic rings. The molecule has 1 aromatic heterocycles. The Kier molecular flexibility index (Phi) is 1.48. The minimum atomic E-state index is -0.118.